The van der Waals surface area contributed by atoms with Crippen LogP contribution in [0, 0.1) is 5.92 Å². The Morgan fingerprint density at radius 1 is 1.13 bits per heavy atom. The lowest BCUT2D eigenvalue weighted by atomic mass is 9.95. The number of hydrogen-bond acceptors (Lipinski definition) is 6. The number of benzene rings is 2. The molecule has 0 saturated heterocycles. The smallest absolute Gasteiger partial charge is 0.306 e. The predicted octanol–water partition coefficient (Wildman–Crippen LogP) is 4.79. The molecule has 0 aliphatic rings. The lowest BCUT2D eigenvalue weighted by molar-refractivity contribution is -0.144. The van der Waals surface area contributed by atoms with Gasteiger partial charge < -0.3 is 10.1 Å². The van der Waals surface area contributed by atoms with Gasteiger partial charge in [-0.1, -0.05) is 50.6 Å². The van der Waals surface area contributed by atoms with Crippen LogP contribution in [0.15, 0.2) is 54.7 Å². The highest BCUT2D eigenvalue weighted by Crippen LogP contribution is 2.19. The first-order chi connectivity index (χ1) is 14.6. The zero-order chi connectivity index (χ0) is 21.3. The van der Waals surface area contributed by atoms with E-state index in [4.69, 9.17) is 4.74 Å². The van der Waals surface area contributed by atoms with E-state index in [9.17, 15) is 9.59 Å². The van der Waals surface area contributed by atoms with Gasteiger partial charge in [-0.3, -0.25) is 9.59 Å². The minimum Gasteiger partial charge on any atom is -0.466 e. The van der Waals surface area contributed by atoms with Gasteiger partial charge in [0.15, 0.2) is 5.78 Å². The molecule has 156 valence electrons. The fourth-order valence-electron chi connectivity index (χ4n) is 3.07. The average molecular weight is 405 g/mol. The van der Waals surface area contributed by atoms with Gasteiger partial charge in [0.25, 0.3) is 0 Å². The van der Waals surface area contributed by atoms with E-state index in [-0.39, 0.29) is 18.2 Å². The maximum atomic E-state index is 12.7. The molecule has 0 amide bonds. The fourth-order valence-corrected chi connectivity index (χ4v) is 3.07. The topological polar surface area (TPSA) is 81.2 Å². The molecule has 6 nitrogen and oxygen atoms in total. The monoisotopic (exact) mass is 405 g/mol. The van der Waals surface area contributed by atoms with Crippen molar-refractivity contribution in [3.05, 3.63) is 65.9 Å². The first kappa shape index (κ1) is 21.4. The van der Waals surface area contributed by atoms with Crippen LogP contribution in [0.1, 0.15) is 49.0 Å². The molecule has 2 aromatic carbocycles. The summed E-state index contributed by atoms with van der Waals surface area (Å²) >= 11 is 0. The summed E-state index contributed by atoms with van der Waals surface area (Å²) < 4.78 is 5.16. The number of carbonyl (C=O) groups is 2. The van der Waals surface area contributed by atoms with E-state index in [1.54, 1.807) is 25.3 Å². The Bertz CT molecular complexity index is 1010. The van der Waals surface area contributed by atoms with Crippen LogP contribution in [-0.2, 0) is 16.1 Å². The minimum absolute atomic E-state index is 0.0828. The fraction of sp³-hybridized carbons (Fsp3) is 0.333. The highest BCUT2D eigenvalue weighted by molar-refractivity contribution is 6.01. The van der Waals surface area contributed by atoms with Gasteiger partial charge in [-0.2, -0.15) is 0 Å². The summed E-state index contributed by atoms with van der Waals surface area (Å²) in [5.74, 6) is -0.323. The molecule has 1 atom stereocenters. The van der Waals surface area contributed by atoms with Crippen molar-refractivity contribution in [2.75, 3.05) is 11.9 Å². The first-order valence-electron chi connectivity index (χ1n) is 10.3. The molecule has 1 aromatic heterocycles. The molecule has 30 heavy (non-hydrogen) atoms. The van der Waals surface area contributed by atoms with Gasteiger partial charge in [0.2, 0.25) is 5.95 Å². The van der Waals surface area contributed by atoms with Crippen molar-refractivity contribution in [1.29, 1.82) is 0 Å². The summed E-state index contributed by atoms with van der Waals surface area (Å²) in [6.07, 6.45) is 3.58. The lowest BCUT2D eigenvalue weighted by Gasteiger charge is -2.11. The molecular weight excluding hydrogens is 378 g/mol. The molecule has 1 heterocycles. The van der Waals surface area contributed by atoms with E-state index in [0.29, 0.717) is 24.7 Å². The number of unbranched alkanes of at least 4 members (excludes halogenated alkanes) is 1. The lowest BCUT2D eigenvalue weighted by Crippen LogP contribution is -2.17. The Hall–Kier alpha value is -3.28. The van der Waals surface area contributed by atoms with Crippen LogP contribution in [0.3, 0.4) is 0 Å². The third kappa shape index (κ3) is 5.86. The number of ether oxygens (including phenoxy) is 1. The summed E-state index contributed by atoms with van der Waals surface area (Å²) in [6, 6.07) is 15.4. The van der Waals surface area contributed by atoms with Gasteiger partial charge in [-0.15, -0.1) is 0 Å². The SMILES string of the molecule is CCCCOC(=O)CC(C)C(=O)c1ccc2nc(NCc3ccccc3)ncc2c1. The molecule has 3 aromatic rings. The van der Waals surface area contributed by atoms with Crippen molar-refractivity contribution in [2.45, 2.75) is 39.7 Å². The van der Waals surface area contributed by atoms with Gasteiger partial charge in [-0.05, 0) is 30.2 Å². The van der Waals surface area contributed by atoms with Crippen LogP contribution >= 0.6 is 0 Å². The maximum Gasteiger partial charge on any atom is 0.306 e. The summed E-state index contributed by atoms with van der Waals surface area (Å²) in [6.45, 7) is 4.82. The van der Waals surface area contributed by atoms with Gasteiger partial charge in [0, 0.05) is 29.6 Å². The molecule has 0 spiro atoms. The molecule has 0 saturated carbocycles. The van der Waals surface area contributed by atoms with Crippen LogP contribution in [0.4, 0.5) is 5.95 Å². The summed E-state index contributed by atoms with van der Waals surface area (Å²) in [5, 5.41) is 3.99. The quantitative estimate of drug-likeness (QED) is 0.297. The highest BCUT2D eigenvalue weighted by Gasteiger charge is 2.20. The Labute approximate surface area is 176 Å². The van der Waals surface area contributed by atoms with Crippen molar-refractivity contribution in [2.24, 2.45) is 5.92 Å². The van der Waals surface area contributed by atoms with E-state index in [1.165, 1.54) is 0 Å². The van der Waals surface area contributed by atoms with Crippen LogP contribution in [0.25, 0.3) is 10.9 Å². The minimum atomic E-state index is -0.440. The van der Waals surface area contributed by atoms with E-state index in [0.717, 1.165) is 29.3 Å². The molecule has 0 aliphatic heterocycles. The van der Waals surface area contributed by atoms with Crippen LogP contribution in [0.5, 0.6) is 0 Å². The van der Waals surface area contributed by atoms with Crippen LogP contribution in [0.2, 0.25) is 0 Å². The number of nitrogens with zero attached hydrogens (tertiary/aromatic N) is 2. The molecule has 6 heteroatoms. The predicted molar refractivity (Wildman–Crippen MR) is 117 cm³/mol. The second kappa shape index (κ2) is 10.5. The van der Waals surface area contributed by atoms with Crippen molar-refractivity contribution in [3.8, 4) is 0 Å². The molecule has 0 fully saturated rings. The van der Waals surface area contributed by atoms with Crippen LogP contribution < -0.4 is 5.32 Å². The maximum absolute atomic E-state index is 12.7. The second-order valence-electron chi connectivity index (χ2n) is 7.35. The Morgan fingerprint density at radius 2 is 1.93 bits per heavy atom. The van der Waals surface area contributed by atoms with E-state index in [1.807, 2.05) is 43.3 Å². The van der Waals surface area contributed by atoms with Crippen molar-refractivity contribution >= 4 is 28.6 Å². The number of aromatic nitrogens is 2. The molecule has 0 bridgehead atoms. The molecule has 0 radical (unpaired) electrons. The van der Waals surface area contributed by atoms with Gasteiger partial charge in [-0.25, -0.2) is 9.97 Å². The number of fused-ring (bicyclic) bond motifs is 1. The number of ketones is 1. The molecule has 0 aliphatic carbocycles. The van der Waals surface area contributed by atoms with Gasteiger partial charge >= 0.3 is 5.97 Å². The Balaban J connectivity index is 1.63. The normalized spacial score (nSPS) is 11.8. The molecule has 3 rings (SSSR count). The number of carbonyl (C=O) groups excluding carboxylic acids is 2. The average Bonchev–Trinajstić information content (AvgIpc) is 2.77. The Morgan fingerprint density at radius 3 is 2.70 bits per heavy atom. The van der Waals surface area contributed by atoms with Crippen molar-refractivity contribution in [3.63, 3.8) is 0 Å². The van der Waals surface area contributed by atoms with Crippen molar-refractivity contribution in [1.82, 2.24) is 9.97 Å². The zero-order valence-electron chi connectivity index (χ0n) is 17.4. The largest absolute Gasteiger partial charge is 0.466 e. The highest BCUT2D eigenvalue weighted by atomic mass is 16.5. The number of anilines is 1. The Kier molecular flexibility index (Phi) is 7.49. The summed E-state index contributed by atoms with van der Waals surface area (Å²) in [5.41, 5.74) is 2.44. The third-order valence-electron chi connectivity index (χ3n) is 4.84. The van der Waals surface area contributed by atoms with Crippen molar-refractivity contribution < 1.29 is 14.3 Å². The zero-order valence-corrected chi connectivity index (χ0v) is 17.4. The second-order valence-corrected chi connectivity index (χ2v) is 7.35. The van der Waals surface area contributed by atoms with E-state index < -0.39 is 5.92 Å². The first-order valence-corrected chi connectivity index (χ1v) is 10.3. The number of esters is 1. The summed E-state index contributed by atoms with van der Waals surface area (Å²) in [7, 11) is 0. The molecule has 1 unspecified atom stereocenters. The number of hydrogen-bond donors (Lipinski definition) is 1. The number of rotatable bonds is 10. The summed E-state index contributed by atoms with van der Waals surface area (Å²) in [4.78, 5) is 33.5. The van der Waals surface area contributed by atoms with Gasteiger partial charge in [0.05, 0.1) is 18.5 Å². The molecular formula is C24H27N3O3. The number of Topliss-reactive ketones (excluding diaryl/α,β-unsaturated/α-hetero) is 1. The third-order valence-corrected chi connectivity index (χ3v) is 4.84. The van der Waals surface area contributed by atoms with E-state index >= 15 is 0 Å². The molecule has 1 N–H and O–H groups in total. The van der Waals surface area contributed by atoms with E-state index in [2.05, 4.69) is 15.3 Å². The number of nitrogens with one attached hydrogen (secondary N) is 1. The van der Waals surface area contributed by atoms with Gasteiger partial charge in [0.1, 0.15) is 0 Å². The van der Waals surface area contributed by atoms with Crippen LogP contribution in [-0.4, -0.2) is 28.3 Å². The standard InChI is InChI=1S/C24H27N3O3/c1-3-4-12-30-22(28)13-17(2)23(29)19-10-11-21-20(14-19)16-26-24(27-21)25-15-18-8-6-5-7-9-18/h5-11,14,16-17H,3-4,12-13,15H2,1-2H3,(H,25,26,27).